The summed E-state index contributed by atoms with van der Waals surface area (Å²) in [4.78, 5) is 10.9. The van der Waals surface area contributed by atoms with Gasteiger partial charge in [-0.15, -0.1) is 0 Å². The van der Waals surface area contributed by atoms with Gasteiger partial charge in [0.05, 0.1) is 6.61 Å². The van der Waals surface area contributed by atoms with Gasteiger partial charge in [0.15, 0.2) is 5.82 Å². The molecule has 3 aromatic carbocycles. The fourth-order valence-electron chi connectivity index (χ4n) is 4.83. The number of nitrogens with zero attached hydrogens (tertiary/aromatic N) is 3. The van der Waals surface area contributed by atoms with Gasteiger partial charge in [-0.25, -0.2) is 4.39 Å². The second-order valence-electron chi connectivity index (χ2n) is 9.61. The number of hydrogen-bond acceptors (Lipinski definition) is 6. The topological polar surface area (TPSA) is 84.5 Å². The van der Waals surface area contributed by atoms with Crippen molar-refractivity contribution >= 4 is 27.5 Å². The minimum Gasteiger partial charge on any atom is -0.508 e. The highest BCUT2D eigenvalue weighted by Crippen LogP contribution is 2.46. The normalized spacial score (nSPS) is 14.7. The number of nitrogen functional groups attached to an aromatic ring is 1. The summed E-state index contributed by atoms with van der Waals surface area (Å²) in [6.07, 6.45) is 2.74. The van der Waals surface area contributed by atoms with E-state index < -0.39 is 5.82 Å². The highest BCUT2D eigenvalue weighted by molar-refractivity contribution is 6.02. The summed E-state index contributed by atoms with van der Waals surface area (Å²) in [5.41, 5.74) is 8.26. The quantitative estimate of drug-likeness (QED) is 0.396. The minimum atomic E-state index is -0.488. The maximum Gasteiger partial charge on any atom is 0.319 e. The largest absolute Gasteiger partial charge is 0.508 e. The summed E-state index contributed by atoms with van der Waals surface area (Å²) in [6.45, 7) is 3.34. The van der Waals surface area contributed by atoms with Crippen LogP contribution in [0.1, 0.15) is 25.3 Å². The molecule has 0 amide bonds. The Morgan fingerprint density at radius 2 is 1.88 bits per heavy atom. The van der Waals surface area contributed by atoms with Crippen molar-refractivity contribution in [3.05, 3.63) is 53.8 Å². The molecule has 0 unspecified atom stereocenters. The van der Waals surface area contributed by atoms with E-state index in [1.165, 1.54) is 0 Å². The van der Waals surface area contributed by atoms with Crippen molar-refractivity contribution in [2.45, 2.75) is 26.2 Å². The first-order chi connectivity index (χ1) is 16.3. The number of phenols is 1. The summed E-state index contributed by atoms with van der Waals surface area (Å²) in [6, 6.07) is 12.8. The van der Waals surface area contributed by atoms with E-state index in [4.69, 9.17) is 10.5 Å². The molecule has 0 bridgehead atoms. The second kappa shape index (κ2) is 8.40. The van der Waals surface area contributed by atoms with Crippen LogP contribution in [0.15, 0.2) is 42.5 Å². The van der Waals surface area contributed by atoms with Crippen LogP contribution in [-0.4, -0.2) is 47.2 Å². The number of phenolic OH excluding ortho intramolecular Hbond substituents is 1. The van der Waals surface area contributed by atoms with Crippen LogP contribution in [0.5, 0.6) is 11.8 Å². The smallest absolute Gasteiger partial charge is 0.319 e. The average Bonchev–Trinajstić information content (AvgIpc) is 3.56. The predicted molar refractivity (Wildman–Crippen MR) is 134 cm³/mol. The molecule has 1 saturated carbocycles. The molecule has 34 heavy (non-hydrogen) atoms. The van der Waals surface area contributed by atoms with Gasteiger partial charge in [0.25, 0.3) is 0 Å². The molecule has 0 spiro atoms. The number of rotatable bonds is 7. The highest BCUT2D eigenvalue weighted by atomic mass is 19.1. The van der Waals surface area contributed by atoms with Gasteiger partial charge in [0.1, 0.15) is 17.1 Å². The number of aromatic hydroxyl groups is 1. The van der Waals surface area contributed by atoms with Gasteiger partial charge >= 0.3 is 6.01 Å². The van der Waals surface area contributed by atoms with E-state index >= 15 is 4.39 Å². The lowest BCUT2D eigenvalue weighted by atomic mass is 9.91. The number of anilines is 1. The first-order valence-electron chi connectivity index (χ1n) is 11.6. The second-order valence-corrected chi connectivity index (χ2v) is 9.61. The van der Waals surface area contributed by atoms with Gasteiger partial charge in [0, 0.05) is 22.9 Å². The van der Waals surface area contributed by atoms with Gasteiger partial charge in [-0.2, -0.15) is 9.97 Å². The van der Waals surface area contributed by atoms with Crippen LogP contribution >= 0.6 is 0 Å². The van der Waals surface area contributed by atoms with Crippen molar-refractivity contribution in [3.63, 3.8) is 0 Å². The summed E-state index contributed by atoms with van der Waals surface area (Å²) in [5, 5.41) is 12.5. The molecule has 1 heterocycles. The molecule has 0 radical (unpaired) electrons. The van der Waals surface area contributed by atoms with Gasteiger partial charge in [-0.05, 0) is 73.5 Å². The third-order valence-electron chi connectivity index (χ3n) is 6.63. The first kappa shape index (κ1) is 22.3. The molecule has 6 nitrogen and oxygen atoms in total. The number of halogens is 1. The van der Waals surface area contributed by atoms with Crippen molar-refractivity contribution in [2.75, 3.05) is 33.0 Å². The molecule has 1 aromatic heterocycles. The molecule has 1 fully saturated rings. The van der Waals surface area contributed by atoms with Crippen LogP contribution in [0.25, 0.3) is 32.8 Å². The summed E-state index contributed by atoms with van der Waals surface area (Å²) < 4.78 is 22.1. The fraction of sp³-hybridized carbons (Fsp3) is 0.333. The molecular weight excluding hydrogens is 431 g/mol. The van der Waals surface area contributed by atoms with E-state index in [1.54, 1.807) is 12.1 Å². The van der Waals surface area contributed by atoms with Crippen LogP contribution in [-0.2, 0) is 6.42 Å². The number of aromatic nitrogens is 2. The van der Waals surface area contributed by atoms with Gasteiger partial charge in [-0.3, -0.25) is 0 Å². The Bertz CT molecular complexity index is 1400. The van der Waals surface area contributed by atoms with Crippen LogP contribution in [0.2, 0.25) is 0 Å². The Labute approximate surface area is 198 Å². The zero-order chi connectivity index (χ0) is 24.0. The molecule has 176 valence electrons. The third kappa shape index (κ3) is 4.01. The van der Waals surface area contributed by atoms with Crippen molar-refractivity contribution in [1.29, 1.82) is 0 Å². The maximum atomic E-state index is 16.2. The summed E-state index contributed by atoms with van der Waals surface area (Å²) in [7, 11) is 4.08. The monoisotopic (exact) mass is 460 g/mol. The molecule has 7 heteroatoms. The number of nitrogens with two attached hydrogens (primary N) is 1. The maximum absolute atomic E-state index is 16.2. The number of ether oxygens (including phenoxy) is 1. The number of aryl methyl sites for hydroxylation is 1. The predicted octanol–water partition coefficient (Wildman–Crippen LogP) is 5.16. The molecule has 5 rings (SSSR count). The lowest BCUT2D eigenvalue weighted by Gasteiger charge is -2.20. The van der Waals surface area contributed by atoms with E-state index in [1.807, 2.05) is 51.4 Å². The Balaban J connectivity index is 1.63. The fourth-order valence-corrected chi connectivity index (χ4v) is 4.83. The van der Waals surface area contributed by atoms with Crippen molar-refractivity contribution in [3.8, 4) is 22.9 Å². The molecular formula is C27H29FN4O2. The van der Waals surface area contributed by atoms with E-state index in [-0.39, 0.29) is 28.5 Å². The minimum absolute atomic E-state index is 0.0806. The molecule has 0 aliphatic heterocycles. The Morgan fingerprint density at radius 1 is 1.12 bits per heavy atom. The van der Waals surface area contributed by atoms with Gasteiger partial charge in [-0.1, -0.05) is 31.2 Å². The summed E-state index contributed by atoms with van der Waals surface area (Å²) in [5.74, 6) is -0.214. The van der Waals surface area contributed by atoms with Crippen LogP contribution < -0.4 is 10.5 Å². The highest BCUT2D eigenvalue weighted by Gasteiger charge is 2.44. The third-order valence-corrected chi connectivity index (χ3v) is 6.63. The van der Waals surface area contributed by atoms with Gasteiger partial charge < -0.3 is 20.5 Å². The first-order valence-corrected chi connectivity index (χ1v) is 11.6. The van der Waals surface area contributed by atoms with Crippen molar-refractivity contribution in [1.82, 2.24) is 14.9 Å². The molecule has 1 aliphatic rings. The Morgan fingerprint density at radius 3 is 2.59 bits per heavy atom. The molecule has 4 aromatic rings. The molecule has 0 atom stereocenters. The van der Waals surface area contributed by atoms with E-state index in [0.717, 1.165) is 35.7 Å². The zero-order valence-electron chi connectivity index (χ0n) is 19.7. The Hall–Kier alpha value is -3.45. The number of benzene rings is 3. The van der Waals surface area contributed by atoms with E-state index in [0.29, 0.717) is 29.5 Å². The molecule has 0 saturated heterocycles. The van der Waals surface area contributed by atoms with E-state index in [2.05, 4.69) is 14.9 Å². The summed E-state index contributed by atoms with van der Waals surface area (Å²) >= 11 is 0. The number of fused-ring (bicyclic) bond motifs is 2. The van der Waals surface area contributed by atoms with Crippen molar-refractivity contribution in [2.24, 2.45) is 5.41 Å². The lowest BCUT2D eigenvalue weighted by Crippen LogP contribution is -2.28. The van der Waals surface area contributed by atoms with Crippen molar-refractivity contribution < 1.29 is 14.2 Å². The standard InChI is InChI=1S/C27H29FN4O2/c1-4-16-12-21-24(30-26(31-25(21)29)34-15-27(9-10-27)14-32(2)3)23(28)22(16)20-13-18(33)11-17-7-5-6-8-19(17)20/h5-8,11-13,33H,4,9-10,14-15H2,1-3H3,(H2,29,30,31). The molecule has 3 N–H and O–H groups in total. The van der Waals surface area contributed by atoms with Crippen LogP contribution in [0.4, 0.5) is 10.2 Å². The SMILES string of the molecule is CCc1cc2c(N)nc(OCC3(CN(C)C)CC3)nc2c(F)c1-c1cc(O)cc2ccccc12. The number of hydrogen-bond donors (Lipinski definition) is 2. The molecule has 1 aliphatic carbocycles. The van der Waals surface area contributed by atoms with Gasteiger partial charge in [0.2, 0.25) is 0 Å². The van der Waals surface area contributed by atoms with Crippen LogP contribution in [0, 0.1) is 11.2 Å². The Kier molecular flexibility index (Phi) is 5.52. The zero-order valence-corrected chi connectivity index (χ0v) is 19.7. The lowest BCUT2D eigenvalue weighted by molar-refractivity contribution is 0.183. The van der Waals surface area contributed by atoms with E-state index in [9.17, 15) is 5.11 Å². The van der Waals surface area contributed by atoms with Crippen LogP contribution in [0.3, 0.4) is 0 Å². The average molecular weight is 461 g/mol.